The van der Waals surface area contributed by atoms with Gasteiger partial charge in [0.05, 0.1) is 44.7 Å². The second-order valence-electron chi connectivity index (χ2n) is 13.8. The van der Waals surface area contributed by atoms with Crippen LogP contribution in [0.3, 0.4) is 0 Å². The molecule has 2 aliphatic rings. The van der Waals surface area contributed by atoms with Crippen LogP contribution < -0.4 is 15.4 Å². The first-order valence-corrected chi connectivity index (χ1v) is 18.3. The molecule has 5 rings (SSSR count). The van der Waals surface area contributed by atoms with Crippen LogP contribution in [0.15, 0.2) is 36.4 Å². The molecular weight excluding hydrogens is 634 g/mol. The van der Waals surface area contributed by atoms with Crippen molar-refractivity contribution in [2.75, 3.05) is 96.5 Å². The normalized spacial score (nSPS) is 17.8. The van der Waals surface area contributed by atoms with Gasteiger partial charge in [0, 0.05) is 75.4 Å². The molecule has 1 aromatic carbocycles. The van der Waals surface area contributed by atoms with Crippen molar-refractivity contribution in [1.82, 2.24) is 24.6 Å². The highest BCUT2D eigenvalue weighted by Gasteiger charge is 2.28. The second kappa shape index (κ2) is 18.5. The highest BCUT2D eigenvalue weighted by molar-refractivity contribution is 5.68. The van der Waals surface area contributed by atoms with E-state index in [1.165, 1.54) is 0 Å². The molecule has 0 aliphatic carbocycles. The number of hydrogen-bond acceptors (Lipinski definition) is 10. The van der Waals surface area contributed by atoms with Gasteiger partial charge in [0.1, 0.15) is 0 Å². The fourth-order valence-electron chi connectivity index (χ4n) is 7.23. The molecule has 12 nitrogen and oxygen atoms in total. The highest BCUT2D eigenvalue weighted by Crippen LogP contribution is 2.32. The number of rotatable bonds is 19. The number of hydrogen-bond donors (Lipinski definition) is 2. The molecule has 274 valence electrons. The average Bonchev–Trinajstić information content (AvgIpc) is 3.70. The SMILES string of the molecule is CCCOCCOCCN1CCN(c2cc(C(CC(=O)O)CN3CCC(CCc4ccc(OC)c(N)n4)C3)cc(-n3nc(C)cc3C)c2)CC1. The smallest absolute Gasteiger partial charge is 0.304 e. The Morgan fingerprint density at radius 2 is 1.74 bits per heavy atom. The maximum Gasteiger partial charge on any atom is 0.304 e. The number of carbonyl (C=O) groups is 1. The van der Waals surface area contributed by atoms with E-state index in [2.05, 4.69) is 57.8 Å². The number of ether oxygens (including phenoxy) is 3. The average molecular weight is 692 g/mol. The number of pyridine rings is 1. The Morgan fingerprint density at radius 3 is 2.42 bits per heavy atom. The predicted octanol–water partition coefficient (Wildman–Crippen LogP) is 4.55. The van der Waals surface area contributed by atoms with Crippen molar-refractivity contribution in [3.05, 3.63) is 59.0 Å². The van der Waals surface area contributed by atoms with Crippen LogP contribution in [0.2, 0.25) is 0 Å². The van der Waals surface area contributed by atoms with Gasteiger partial charge >= 0.3 is 5.97 Å². The van der Waals surface area contributed by atoms with Gasteiger partial charge in [-0.05, 0) is 94.0 Å². The summed E-state index contributed by atoms with van der Waals surface area (Å²) in [5, 5.41) is 14.9. The summed E-state index contributed by atoms with van der Waals surface area (Å²) in [5.74, 6) is 0.623. The molecule has 50 heavy (non-hydrogen) atoms. The van der Waals surface area contributed by atoms with Gasteiger partial charge in [0.15, 0.2) is 11.6 Å². The van der Waals surface area contributed by atoms with Gasteiger partial charge in [-0.25, -0.2) is 9.67 Å². The summed E-state index contributed by atoms with van der Waals surface area (Å²) in [7, 11) is 1.60. The Balaban J connectivity index is 1.25. The first-order chi connectivity index (χ1) is 24.2. The predicted molar refractivity (Wildman–Crippen MR) is 197 cm³/mol. The Hall–Kier alpha value is -3.71. The van der Waals surface area contributed by atoms with E-state index in [0.29, 0.717) is 43.9 Å². The Morgan fingerprint density at radius 1 is 0.980 bits per heavy atom. The number of anilines is 2. The molecular formula is C38H57N7O5. The van der Waals surface area contributed by atoms with Gasteiger partial charge in [-0.15, -0.1) is 0 Å². The van der Waals surface area contributed by atoms with E-state index >= 15 is 0 Å². The fourth-order valence-corrected chi connectivity index (χ4v) is 7.23. The fraction of sp³-hybridized carbons (Fsp3) is 0.605. The van der Waals surface area contributed by atoms with E-state index in [-0.39, 0.29) is 12.3 Å². The summed E-state index contributed by atoms with van der Waals surface area (Å²) in [4.78, 5) is 24.1. The van der Waals surface area contributed by atoms with Crippen LogP contribution in [0.1, 0.15) is 61.2 Å². The van der Waals surface area contributed by atoms with Crippen molar-refractivity contribution in [3.8, 4) is 11.4 Å². The van der Waals surface area contributed by atoms with E-state index in [1.807, 2.05) is 23.7 Å². The van der Waals surface area contributed by atoms with Crippen LogP contribution in [0.4, 0.5) is 11.5 Å². The number of methoxy groups -OCH3 is 1. The molecule has 2 atom stereocenters. The number of benzene rings is 1. The molecule has 3 N–H and O–H groups in total. The molecule has 0 bridgehead atoms. The molecule has 3 aromatic rings. The molecule has 2 fully saturated rings. The van der Waals surface area contributed by atoms with Gasteiger partial charge in [-0.3, -0.25) is 9.69 Å². The van der Waals surface area contributed by atoms with Crippen molar-refractivity contribution in [3.63, 3.8) is 0 Å². The number of aromatic nitrogens is 3. The quantitative estimate of drug-likeness (QED) is 0.172. The van der Waals surface area contributed by atoms with Gasteiger partial charge in [-0.2, -0.15) is 5.10 Å². The lowest BCUT2D eigenvalue weighted by molar-refractivity contribution is -0.137. The van der Waals surface area contributed by atoms with Crippen molar-refractivity contribution in [2.24, 2.45) is 5.92 Å². The van der Waals surface area contributed by atoms with Crippen LogP contribution >= 0.6 is 0 Å². The standard InChI is InChI=1S/C38H57N7O5/c1-5-17-49-19-20-50-18-16-42-12-14-44(15-13-42)34-22-31(23-35(25-34)45-29(3)21-28(2)41-45)32(24-37(46)47)27-43-11-10-30(26-43)6-7-33-8-9-36(48-4)38(39)40-33/h8-9,21-23,25,30,32H,5-7,10-20,24,26-27H2,1-4H3,(H2,39,40)(H,46,47). The molecule has 0 amide bonds. The number of carboxylic acid groups (broad SMARTS) is 1. The molecule has 0 spiro atoms. The van der Waals surface area contributed by atoms with Crippen LogP contribution in [-0.2, 0) is 20.7 Å². The number of carboxylic acids is 1. The molecule has 4 heterocycles. The van der Waals surface area contributed by atoms with E-state index in [0.717, 1.165) is 112 Å². The van der Waals surface area contributed by atoms with Gasteiger partial charge < -0.3 is 34.9 Å². The van der Waals surface area contributed by atoms with E-state index in [1.54, 1.807) is 7.11 Å². The number of aliphatic carboxylic acids is 1. The van der Waals surface area contributed by atoms with Gasteiger partial charge in [0.2, 0.25) is 0 Å². The third-order valence-electron chi connectivity index (χ3n) is 9.90. The minimum Gasteiger partial charge on any atom is -0.493 e. The first kappa shape index (κ1) is 37.5. The maximum absolute atomic E-state index is 12.3. The maximum atomic E-state index is 12.3. The number of piperazine rings is 1. The largest absolute Gasteiger partial charge is 0.493 e. The van der Waals surface area contributed by atoms with Crippen LogP contribution in [0.25, 0.3) is 5.69 Å². The zero-order valence-electron chi connectivity index (χ0n) is 30.5. The van der Waals surface area contributed by atoms with Gasteiger partial charge in [0.25, 0.3) is 0 Å². The number of nitrogen functional groups attached to an aromatic ring is 1. The Labute approximate surface area is 297 Å². The van der Waals surface area contributed by atoms with Crippen molar-refractivity contribution in [1.29, 1.82) is 0 Å². The van der Waals surface area contributed by atoms with Crippen molar-refractivity contribution in [2.45, 2.75) is 58.8 Å². The summed E-state index contributed by atoms with van der Waals surface area (Å²) >= 11 is 0. The lowest BCUT2D eigenvalue weighted by Gasteiger charge is -2.36. The summed E-state index contributed by atoms with van der Waals surface area (Å²) in [6.07, 6.45) is 4.06. The van der Waals surface area contributed by atoms with Gasteiger partial charge in [-0.1, -0.05) is 6.92 Å². The zero-order valence-corrected chi connectivity index (χ0v) is 30.5. The summed E-state index contributed by atoms with van der Waals surface area (Å²) in [6, 6.07) is 12.5. The molecule has 0 saturated carbocycles. The first-order valence-electron chi connectivity index (χ1n) is 18.3. The number of nitrogens with two attached hydrogens (primary N) is 1. The molecule has 0 radical (unpaired) electrons. The minimum atomic E-state index is -0.778. The Kier molecular flexibility index (Phi) is 13.9. The minimum absolute atomic E-state index is 0.0769. The topological polar surface area (TPSA) is 131 Å². The molecule has 2 aliphatic heterocycles. The van der Waals surface area contributed by atoms with Crippen LogP contribution in [-0.4, -0.2) is 122 Å². The molecule has 12 heteroatoms. The molecule has 2 unspecified atom stereocenters. The van der Waals surface area contributed by atoms with E-state index in [4.69, 9.17) is 25.0 Å². The van der Waals surface area contributed by atoms with Crippen molar-refractivity contribution >= 4 is 17.5 Å². The number of nitrogens with zero attached hydrogens (tertiary/aromatic N) is 6. The summed E-state index contributed by atoms with van der Waals surface area (Å²) in [6.45, 7) is 16.1. The molecule has 2 aromatic heterocycles. The second-order valence-corrected chi connectivity index (χ2v) is 13.8. The van der Waals surface area contributed by atoms with E-state index in [9.17, 15) is 9.90 Å². The van der Waals surface area contributed by atoms with E-state index < -0.39 is 5.97 Å². The van der Waals surface area contributed by atoms with Crippen LogP contribution in [0, 0.1) is 19.8 Å². The molecule has 2 saturated heterocycles. The summed E-state index contributed by atoms with van der Waals surface area (Å²) < 4.78 is 18.6. The summed E-state index contributed by atoms with van der Waals surface area (Å²) in [5.41, 5.74) is 12.2. The lowest BCUT2D eigenvalue weighted by Crippen LogP contribution is -2.47. The Bertz CT molecular complexity index is 1520. The lowest BCUT2D eigenvalue weighted by atomic mass is 9.93. The highest BCUT2D eigenvalue weighted by atomic mass is 16.5. The number of likely N-dealkylation sites (tertiary alicyclic amines) is 1. The number of aryl methyl sites for hydroxylation is 3. The monoisotopic (exact) mass is 691 g/mol. The van der Waals surface area contributed by atoms with Crippen molar-refractivity contribution < 1.29 is 24.1 Å². The third kappa shape index (κ3) is 10.6. The van der Waals surface area contributed by atoms with Crippen LogP contribution in [0.5, 0.6) is 5.75 Å². The zero-order chi connectivity index (χ0) is 35.5. The third-order valence-corrected chi connectivity index (χ3v) is 9.90.